The molecule has 1 saturated heterocycles. The number of hydrogen-bond donors (Lipinski definition) is 2. The standard InChI is InChI=1S/C17H17N3O2/c1-12-4-2-5-13(10-12)16(21)19-14-6-3-7-15(11-14)20-9-8-18-17(20)22/h2-7,10-11H,8-9H2,1H3,(H,18,22)(H,19,21). The van der Waals surface area contributed by atoms with E-state index in [4.69, 9.17) is 0 Å². The van der Waals surface area contributed by atoms with Crippen molar-refractivity contribution in [1.82, 2.24) is 5.32 Å². The lowest BCUT2D eigenvalue weighted by Crippen LogP contribution is -2.27. The van der Waals surface area contributed by atoms with Gasteiger partial charge < -0.3 is 10.6 Å². The number of carbonyl (C=O) groups is 2. The van der Waals surface area contributed by atoms with Crippen LogP contribution in [0.1, 0.15) is 15.9 Å². The van der Waals surface area contributed by atoms with Gasteiger partial charge >= 0.3 is 6.03 Å². The molecule has 0 aromatic heterocycles. The highest BCUT2D eigenvalue weighted by molar-refractivity contribution is 6.05. The molecule has 1 heterocycles. The van der Waals surface area contributed by atoms with Gasteiger partial charge in [-0.15, -0.1) is 0 Å². The molecule has 0 atom stereocenters. The fourth-order valence-electron chi connectivity index (χ4n) is 2.46. The van der Waals surface area contributed by atoms with E-state index in [0.29, 0.717) is 24.3 Å². The van der Waals surface area contributed by atoms with Crippen molar-refractivity contribution in [2.24, 2.45) is 0 Å². The molecule has 2 aromatic carbocycles. The van der Waals surface area contributed by atoms with E-state index in [1.54, 1.807) is 17.0 Å². The molecule has 0 bridgehead atoms. The van der Waals surface area contributed by atoms with Gasteiger partial charge in [-0.3, -0.25) is 9.69 Å². The quantitative estimate of drug-likeness (QED) is 0.914. The van der Waals surface area contributed by atoms with Gasteiger partial charge in [-0.2, -0.15) is 0 Å². The van der Waals surface area contributed by atoms with Crippen LogP contribution in [-0.4, -0.2) is 25.0 Å². The zero-order valence-electron chi connectivity index (χ0n) is 12.3. The summed E-state index contributed by atoms with van der Waals surface area (Å²) in [6, 6.07) is 14.6. The Morgan fingerprint density at radius 3 is 2.73 bits per heavy atom. The van der Waals surface area contributed by atoms with Gasteiger partial charge in [0.25, 0.3) is 5.91 Å². The molecule has 0 aliphatic carbocycles. The van der Waals surface area contributed by atoms with Crippen molar-refractivity contribution in [3.8, 4) is 0 Å². The molecule has 2 aromatic rings. The van der Waals surface area contributed by atoms with Crippen LogP contribution in [0, 0.1) is 6.92 Å². The molecular weight excluding hydrogens is 278 g/mol. The highest BCUT2D eigenvalue weighted by atomic mass is 16.2. The number of hydrogen-bond acceptors (Lipinski definition) is 2. The Morgan fingerprint density at radius 1 is 1.18 bits per heavy atom. The van der Waals surface area contributed by atoms with Crippen molar-refractivity contribution in [3.63, 3.8) is 0 Å². The molecule has 0 radical (unpaired) electrons. The van der Waals surface area contributed by atoms with Crippen molar-refractivity contribution in [3.05, 3.63) is 59.7 Å². The molecular formula is C17H17N3O2. The molecule has 112 valence electrons. The predicted molar refractivity (Wildman–Crippen MR) is 86.3 cm³/mol. The number of nitrogens with one attached hydrogen (secondary N) is 2. The summed E-state index contributed by atoms with van der Waals surface area (Å²) >= 11 is 0. The summed E-state index contributed by atoms with van der Waals surface area (Å²) < 4.78 is 0. The van der Waals surface area contributed by atoms with E-state index in [-0.39, 0.29) is 11.9 Å². The summed E-state index contributed by atoms with van der Waals surface area (Å²) in [6.07, 6.45) is 0. The van der Waals surface area contributed by atoms with E-state index in [0.717, 1.165) is 11.3 Å². The number of rotatable bonds is 3. The topological polar surface area (TPSA) is 61.4 Å². The Labute approximate surface area is 128 Å². The molecule has 5 heteroatoms. The van der Waals surface area contributed by atoms with Gasteiger partial charge in [0.1, 0.15) is 0 Å². The summed E-state index contributed by atoms with van der Waals surface area (Å²) in [5.41, 5.74) is 3.10. The Morgan fingerprint density at radius 2 is 2.00 bits per heavy atom. The van der Waals surface area contributed by atoms with Crippen LogP contribution in [0.25, 0.3) is 0 Å². The maximum Gasteiger partial charge on any atom is 0.321 e. The van der Waals surface area contributed by atoms with E-state index < -0.39 is 0 Å². The molecule has 0 spiro atoms. The van der Waals surface area contributed by atoms with E-state index in [1.165, 1.54) is 0 Å². The van der Waals surface area contributed by atoms with Crippen LogP contribution in [-0.2, 0) is 0 Å². The second-order valence-electron chi connectivity index (χ2n) is 5.26. The molecule has 5 nitrogen and oxygen atoms in total. The second-order valence-corrected chi connectivity index (χ2v) is 5.26. The maximum atomic E-state index is 12.3. The number of benzene rings is 2. The number of amides is 3. The smallest absolute Gasteiger partial charge is 0.321 e. The third kappa shape index (κ3) is 2.93. The van der Waals surface area contributed by atoms with Crippen molar-refractivity contribution >= 4 is 23.3 Å². The molecule has 22 heavy (non-hydrogen) atoms. The number of anilines is 2. The predicted octanol–water partition coefficient (Wildman–Crippen LogP) is 2.78. The zero-order chi connectivity index (χ0) is 15.5. The average Bonchev–Trinajstić information content (AvgIpc) is 2.94. The van der Waals surface area contributed by atoms with E-state index >= 15 is 0 Å². The SMILES string of the molecule is Cc1cccc(C(=O)Nc2cccc(N3CCNC3=O)c2)c1. The third-order valence-electron chi connectivity index (χ3n) is 3.55. The molecule has 2 N–H and O–H groups in total. The van der Waals surface area contributed by atoms with E-state index in [2.05, 4.69) is 10.6 Å². The van der Waals surface area contributed by atoms with Crippen molar-refractivity contribution in [2.75, 3.05) is 23.3 Å². The first-order chi connectivity index (χ1) is 10.6. The van der Waals surface area contributed by atoms with Gasteiger partial charge in [-0.1, -0.05) is 23.8 Å². The summed E-state index contributed by atoms with van der Waals surface area (Å²) in [7, 11) is 0. The monoisotopic (exact) mass is 295 g/mol. The van der Waals surface area contributed by atoms with Crippen molar-refractivity contribution in [2.45, 2.75) is 6.92 Å². The van der Waals surface area contributed by atoms with Gasteiger partial charge in [-0.25, -0.2) is 4.79 Å². The van der Waals surface area contributed by atoms with Crippen molar-refractivity contribution in [1.29, 1.82) is 0 Å². The fourth-order valence-corrected chi connectivity index (χ4v) is 2.46. The number of carbonyl (C=O) groups excluding carboxylic acids is 2. The third-order valence-corrected chi connectivity index (χ3v) is 3.55. The zero-order valence-corrected chi connectivity index (χ0v) is 12.3. The van der Waals surface area contributed by atoms with Gasteiger partial charge in [0, 0.05) is 30.0 Å². The first-order valence-corrected chi connectivity index (χ1v) is 7.17. The van der Waals surface area contributed by atoms with E-state index in [9.17, 15) is 9.59 Å². The molecule has 0 saturated carbocycles. The summed E-state index contributed by atoms with van der Waals surface area (Å²) in [5, 5.41) is 5.63. The normalized spacial score (nSPS) is 13.9. The van der Waals surface area contributed by atoms with Gasteiger partial charge in [0.2, 0.25) is 0 Å². The average molecular weight is 295 g/mol. The Balaban J connectivity index is 1.78. The lowest BCUT2D eigenvalue weighted by molar-refractivity contribution is 0.102. The first-order valence-electron chi connectivity index (χ1n) is 7.17. The number of urea groups is 1. The summed E-state index contributed by atoms with van der Waals surface area (Å²) in [5.74, 6) is -0.160. The van der Waals surface area contributed by atoms with Gasteiger partial charge in [0.05, 0.1) is 0 Å². The van der Waals surface area contributed by atoms with Crippen LogP contribution in [0.3, 0.4) is 0 Å². The molecule has 1 fully saturated rings. The summed E-state index contributed by atoms with van der Waals surface area (Å²) in [4.78, 5) is 25.6. The first kappa shape index (κ1) is 14.1. The molecule has 1 aliphatic heterocycles. The minimum atomic E-state index is -0.160. The second kappa shape index (κ2) is 5.89. The van der Waals surface area contributed by atoms with E-state index in [1.807, 2.05) is 43.3 Å². The van der Waals surface area contributed by atoms with Crippen LogP contribution >= 0.6 is 0 Å². The Kier molecular flexibility index (Phi) is 3.78. The summed E-state index contributed by atoms with van der Waals surface area (Å²) in [6.45, 7) is 3.22. The molecule has 3 amide bonds. The van der Waals surface area contributed by atoms with Crippen LogP contribution in [0.4, 0.5) is 16.2 Å². The van der Waals surface area contributed by atoms with Gasteiger partial charge in [0.15, 0.2) is 0 Å². The maximum absolute atomic E-state index is 12.3. The largest absolute Gasteiger partial charge is 0.336 e. The lowest BCUT2D eigenvalue weighted by Gasteiger charge is -2.15. The molecule has 3 rings (SSSR count). The number of nitrogens with zero attached hydrogens (tertiary/aromatic N) is 1. The Bertz CT molecular complexity index is 727. The Hall–Kier alpha value is -2.82. The minimum Gasteiger partial charge on any atom is -0.336 e. The highest BCUT2D eigenvalue weighted by Gasteiger charge is 2.21. The van der Waals surface area contributed by atoms with Crippen LogP contribution in [0.2, 0.25) is 0 Å². The minimum absolute atomic E-state index is 0.109. The number of aryl methyl sites for hydroxylation is 1. The fraction of sp³-hybridized carbons (Fsp3) is 0.176. The molecule has 0 unspecified atom stereocenters. The van der Waals surface area contributed by atoms with Crippen LogP contribution < -0.4 is 15.5 Å². The highest BCUT2D eigenvalue weighted by Crippen LogP contribution is 2.21. The lowest BCUT2D eigenvalue weighted by atomic mass is 10.1. The van der Waals surface area contributed by atoms with Crippen molar-refractivity contribution < 1.29 is 9.59 Å². The van der Waals surface area contributed by atoms with Crippen LogP contribution in [0.5, 0.6) is 0 Å². The molecule has 1 aliphatic rings. The van der Waals surface area contributed by atoms with Crippen LogP contribution in [0.15, 0.2) is 48.5 Å². The van der Waals surface area contributed by atoms with Gasteiger partial charge in [-0.05, 0) is 37.3 Å².